The van der Waals surface area contributed by atoms with Gasteiger partial charge in [0.05, 0.1) is 26.9 Å². The number of benzene rings is 4. The topological polar surface area (TPSA) is 115 Å². The fourth-order valence-corrected chi connectivity index (χ4v) is 7.33. The molecule has 2 heterocycles. The standard InChI is InChI=1S/C33H28N2O6S2/c36-33(37)23-10-14-27(15-11-23)43(38,39)34-17-18-42-32-28-7-3-1-6-24(28)20-41-31-16-13-26(19-29(31)32)40-21-25-12-9-22-5-2-4-8-30(22)35-25/h1-16,19,32,34H,17-18,20-21H2,(H,36,37). The summed E-state index contributed by atoms with van der Waals surface area (Å²) >= 11 is 1.61. The number of carbonyl (C=O) groups is 1. The van der Waals surface area contributed by atoms with Crippen molar-refractivity contribution in [2.24, 2.45) is 0 Å². The summed E-state index contributed by atoms with van der Waals surface area (Å²) in [6.07, 6.45) is 0. The van der Waals surface area contributed by atoms with Gasteiger partial charge >= 0.3 is 5.97 Å². The van der Waals surface area contributed by atoms with E-state index in [-0.39, 0.29) is 22.3 Å². The van der Waals surface area contributed by atoms with Crippen LogP contribution in [0, 0.1) is 0 Å². The lowest BCUT2D eigenvalue weighted by atomic mass is 10.00. The van der Waals surface area contributed by atoms with Crippen LogP contribution < -0.4 is 14.2 Å². The molecule has 6 rings (SSSR count). The predicted molar refractivity (Wildman–Crippen MR) is 166 cm³/mol. The summed E-state index contributed by atoms with van der Waals surface area (Å²) in [6.45, 7) is 0.931. The molecule has 0 saturated heterocycles. The Balaban J connectivity index is 1.18. The third-order valence-corrected chi connectivity index (χ3v) is 9.88. The predicted octanol–water partition coefficient (Wildman–Crippen LogP) is 6.21. The molecule has 0 bridgehead atoms. The molecule has 0 saturated carbocycles. The Labute approximate surface area is 253 Å². The number of nitrogens with zero attached hydrogens (tertiary/aromatic N) is 1. The molecule has 1 aromatic heterocycles. The molecule has 1 aliphatic rings. The molecule has 43 heavy (non-hydrogen) atoms. The van der Waals surface area contributed by atoms with E-state index in [0.717, 1.165) is 39.0 Å². The van der Waals surface area contributed by atoms with Crippen LogP contribution in [0.5, 0.6) is 11.5 Å². The van der Waals surface area contributed by atoms with E-state index in [0.29, 0.717) is 24.7 Å². The van der Waals surface area contributed by atoms with Gasteiger partial charge in [-0.15, -0.1) is 11.8 Å². The molecule has 1 unspecified atom stereocenters. The number of pyridine rings is 1. The van der Waals surface area contributed by atoms with Crippen molar-refractivity contribution in [2.75, 3.05) is 12.3 Å². The fourth-order valence-electron chi connectivity index (χ4n) is 4.94. The van der Waals surface area contributed by atoms with E-state index >= 15 is 0 Å². The van der Waals surface area contributed by atoms with E-state index in [4.69, 9.17) is 19.6 Å². The zero-order valence-electron chi connectivity index (χ0n) is 23.0. The lowest BCUT2D eigenvalue weighted by molar-refractivity contribution is 0.0696. The summed E-state index contributed by atoms with van der Waals surface area (Å²) in [6, 6.07) is 31.0. The Bertz CT molecular complexity index is 1890. The largest absolute Gasteiger partial charge is 0.489 e. The number of aromatic carboxylic acids is 1. The zero-order valence-corrected chi connectivity index (χ0v) is 24.6. The van der Waals surface area contributed by atoms with E-state index in [1.807, 2.05) is 72.8 Å². The quantitative estimate of drug-likeness (QED) is 0.179. The minimum absolute atomic E-state index is 0.0174. The lowest BCUT2D eigenvalue weighted by Crippen LogP contribution is -2.26. The molecular weight excluding hydrogens is 585 g/mol. The first kappa shape index (κ1) is 28.7. The van der Waals surface area contributed by atoms with Crippen LogP contribution in [-0.2, 0) is 23.2 Å². The Morgan fingerprint density at radius 1 is 0.953 bits per heavy atom. The summed E-state index contributed by atoms with van der Waals surface area (Å²) in [5.41, 5.74) is 4.89. The van der Waals surface area contributed by atoms with E-state index < -0.39 is 16.0 Å². The van der Waals surface area contributed by atoms with Crippen molar-refractivity contribution in [3.05, 3.63) is 131 Å². The molecule has 5 aromatic rings. The molecule has 8 nitrogen and oxygen atoms in total. The van der Waals surface area contributed by atoms with Crippen LogP contribution in [0.25, 0.3) is 10.9 Å². The number of hydrogen-bond donors (Lipinski definition) is 2. The molecule has 1 aliphatic heterocycles. The Kier molecular flexibility index (Phi) is 8.33. The number of nitrogens with one attached hydrogen (secondary N) is 1. The van der Waals surface area contributed by atoms with Crippen molar-refractivity contribution < 1.29 is 27.8 Å². The Morgan fingerprint density at radius 3 is 2.58 bits per heavy atom. The summed E-state index contributed by atoms with van der Waals surface area (Å²) in [7, 11) is -3.80. The molecule has 0 aliphatic carbocycles. The van der Waals surface area contributed by atoms with Crippen LogP contribution in [0.2, 0.25) is 0 Å². The monoisotopic (exact) mass is 612 g/mol. The van der Waals surface area contributed by atoms with Gasteiger partial charge in [-0.1, -0.05) is 48.5 Å². The highest BCUT2D eigenvalue weighted by Gasteiger charge is 2.26. The number of carboxylic acid groups (broad SMARTS) is 1. The van der Waals surface area contributed by atoms with Crippen molar-refractivity contribution in [1.82, 2.24) is 9.71 Å². The van der Waals surface area contributed by atoms with E-state index in [1.165, 1.54) is 24.3 Å². The number of thioether (sulfide) groups is 1. The highest BCUT2D eigenvalue weighted by atomic mass is 32.2. The second kappa shape index (κ2) is 12.5. The molecule has 10 heteroatoms. The van der Waals surface area contributed by atoms with Gasteiger partial charge in [0.25, 0.3) is 0 Å². The van der Waals surface area contributed by atoms with Crippen molar-refractivity contribution in [3.8, 4) is 11.5 Å². The van der Waals surface area contributed by atoms with Gasteiger partial charge in [-0.25, -0.2) is 22.9 Å². The smallest absolute Gasteiger partial charge is 0.335 e. The number of hydrogen-bond acceptors (Lipinski definition) is 7. The molecule has 0 radical (unpaired) electrons. The summed E-state index contributed by atoms with van der Waals surface area (Å²) < 4.78 is 40.6. The highest BCUT2D eigenvalue weighted by Crippen LogP contribution is 2.45. The van der Waals surface area contributed by atoms with Gasteiger partial charge < -0.3 is 14.6 Å². The maximum atomic E-state index is 12.8. The number of sulfonamides is 1. The Hall–Kier alpha value is -4.38. The molecule has 2 N–H and O–H groups in total. The third-order valence-electron chi connectivity index (χ3n) is 7.12. The first-order valence-electron chi connectivity index (χ1n) is 13.6. The van der Waals surface area contributed by atoms with Gasteiger partial charge in [-0.2, -0.15) is 0 Å². The normalized spacial score (nSPS) is 14.3. The number of rotatable bonds is 10. The van der Waals surface area contributed by atoms with Crippen molar-refractivity contribution >= 4 is 38.7 Å². The van der Waals surface area contributed by atoms with Crippen LogP contribution in [0.1, 0.15) is 38.0 Å². The van der Waals surface area contributed by atoms with E-state index in [2.05, 4.69) is 10.8 Å². The second-order valence-electron chi connectivity index (χ2n) is 9.95. The first-order chi connectivity index (χ1) is 20.9. The zero-order chi connectivity index (χ0) is 29.8. The summed E-state index contributed by atoms with van der Waals surface area (Å²) in [5, 5.41) is 10.0. The van der Waals surface area contributed by atoms with Gasteiger partial charge in [-0.05, 0) is 65.7 Å². The maximum Gasteiger partial charge on any atom is 0.335 e. The van der Waals surface area contributed by atoms with Crippen LogP contribution in [0.15, 0.2) is 108 Å². The van der Waals surface area contributed by atoms with E-state index in [1.54, 1.807) is 11.8 Å². The summed E-state index contributed by atoms with van der Waals surface area (Å²) in [5.74, 6) is 0.814. The molecule has 218 valence electrons. The van der Waals surface area contributed by atoms with Crippen LogP contribution in [0.3, 0.4) is 0 Å². The third kappa shape index (κ3) is 6.51. The number of carboxylic acids is 1. The average molecular weight is 613 g/mol. The van der Waals surface area contributed by atoms with Crippen LogP contribution in [0.4, 0.5) is 0 Å². The molecular formula is C33H28N2O6S2. The first-order valence-corrected chi connectivity index (χ1v) is 16.2. The molecule has 4 aromatic carbocycles. The highest BCUT2D eigenvalue weighted by molar-refractivity contribution is 7.99. The van der Waals surface area contributed by atoms with Gasteiger partial charge in [0.2, 0.25) is 10.0 Å². The summed E-state index contributed by atoms with van der Waals surface area (Å²) in [4.78, 5) is 15.8. The minimum Gasteiger partial charge on any atom is -0.489 e. The van der Waals surface area contributed by atoms with E-state index in [9.17, 15) is 13.2 Å². The number of para-hydroxylation sites is 1. The maximum absolute atomic E-state index is 12.8. The van der Waals surface area contributed by atoms with Crippen molar-refractivity contribution in [2.45, 2.75) is 23.4 Å². The van der Waals surface area contributed by atoms with Crippen LogP contribution >= 0.6 is 11.8 Å². The lowest BCUT2D eigenvalue weighted by Gasteiger charge is -2.20. The Morgan fingerprint density at radius 2 is 1.74 bits per heavy atom. The number of fused-ring (bicyclic) bond motifs is 3. The van der Waals surface area contributed by atoms with Gasteiger partial charge in [0, 0.05) is 23.2 Å². The fraction of sp³-hybridized carbons (Fsp3) is 0.152. The van der Waals surface area contributed by atoms with Crippen molar-refractivity contribution in [1.29, 1.82) is 0 Å². The van der Waals surface area contributed by atoms with Gasteiger partial charge in [0.1, 0.15) is 24.7 Å². The van der Waals surface area contributed by atoms with Crippen molar-refractivity contribution in [3.63, 3.8) is 0 Å². The SMILES string of the molecule is O=C(O)c1ccc(S(=O)(=O)NCCSC2c3ccccc3COc3ccc(OCc4ccc5ccccc5n4)cc32)cc1. The average Bonchev–Trinajstić information content (AvgIpc) is 3.18. The van der Waals surface area contributed by atoms with Crippen LogP contribution in [-0.4, -0.2) is 36.8 Å². The van der Waals surface area contributed by atoms with Gasteiger partial charge in [-0.3, -0.25) is 0 Å². The molecule has 0 spiro atoms. The molecule has 0 fully saturated rings. The molecule has 1 atom stereocenters. The minimum atomic E-state index is -3.80. The van der Waals surface area contributed by atoms with Gasteiger partial charge in [0.15, 0.2) is 0 Å². The number of aromatic nitrogens is 1. The number of ether oxygens (including phenoxy) is 2. The second-order valence-corrected chi connectivity index (χ2v) is 12.9. The molecule has 0 amide bonds.